The maximum Gasteiger partial charge on any atom is 0.0999 e. The van der Waals surface area contributed by atoms with Gasteiger partial charge in [0.05, 0.1) is 32.6 Å². The van der Waals surface area contributed by atoms with Gasteiger partial charge in [-0.25, -0.2) is 4.98 Å². The van der Waals surface area contributed by atoms with Gasteiger partial charge in [-0.1, -0.05) is 0 Å². The molecule has 0 aliphatic carbocycles. The lowest BCUT2D eigenvalue weighted by Crippen LogP contribution is -2.26. The molecule has 4 heterocycles. The Kier molecular flexibility index (Phi) is 4.88. The lowest BCUT2D eigenvalue weighted by atomic mass is 9.99. The van der Waals surface area contributed by atoms with Crippen LogP contribution in [0.25, 0.3) is 32.4 Å². The summed E-state index contributed by atoms with van der Waals surface area (Å²) < 4.78 is 3.10. The molecule has 0 amide bonds. The lowest BCUT2D eigenvalue weighted by molar-refractivity contribution is 0.459. The van der Waals surface area contributed by atoms with Gasteiger partial charge in [-0.15, -0.1) is 23.7 Å². The van der Waals surface area contributed by atoms with Crippen molar-refractivity contribution in [2.45, 2.75) is 25.7 Å². The fraction of sp³-hybridized carbons (Fsp3) is 0.350. The minimum atomic E-state index is 0. The summed E-state index contributed by atoms with van der Waals surface area (Å²) in [6.07, 6.45) is 6.34. The van der Waals surface area contributed by atoms with Gasteiger partial charge < -0.3 is 5.32 Å². The van der Waals surface area contributed by atoms with Crippen molar-refractivity contribution >= 4 is 44.9 Å². The van der Waals surface area contributed by atoms with Gasteiger partial charge in [-0.2, -0.15) is 5.10 Å². The number of hydrogen-bond acceptors (Lipinski definition) is 5. The Morgan fingerprint density at radius 2 is 2.00 bits per heavy atom. The fourth-order valence-corrected chi connectivity index (χ4v) is 4.97. The molecule has 27 heavy (non-hydrogen) atoms. The van der Waals surface area contributed by atoms with Crippen LogP contribution in [0.3, 0.4) is 0 Å². The zero-order chi connectivity index (χ0) is 17.7. The molecule has 0 unspecified atom stereocenters. The van der Waals surface area contributed by atoms with Gasteiger partial charge in [0.2, 0.25) is 0 Å². The molecule has 0 spiro atoms. The highest BCUT2D eigenvalue weighted by Crippen LogP contribution is 2.34. The van der Waals surface area contributed by atoms with Crippen LogP contribution in [0.1, 0.15) is 29.3 Å². The highest BCUT2D eigenvalue weighted by Gasteiger charge is 2.19. The van der Waals surface area contributed by atoms with Gasteiger partial charge in [0.25, 0.3) is 0 Å². The molecule has 1 aliphatic heterocycles. The van der Waals surface area contributed by atoms with Crippen LogP contribution in [-0.2, 0) is 7.05 Å². The number of aryl methyl sites for hydroxylation is 2. The van der Waals surface area contributed by atoms with Gasteiger partial charge >= 0.3 is 0 Å². The number of fused-ring (bicyclic) bond motifs is 2. The van der Waals surface area contributed by atoms with E-state index in [2.05, 4.69) is 41.7 Å². The third-order valence-corrected chi connectivity index (χ3v) is 6.37. The second-order valence-electron chi connectivity index (χ2n) is 7.15. The van der Waals surface area contributed by atoms with Gasteiger partial charge in [0, 0.05) is 30.1 Å². The molecule has 5 rings (SSSR count). The highest BCUT2D eigenvalue weighted by atomic mass is 35.5. The molecule has 5 nitrogen and oxygen atoms in total. The average Bonchev–Trinajstić information content (AvgIpc) is 3.24. The van der Waals surface area contributed by atoms with E-state index >= 15 is 0 Å². The average molecular weight is 400 g/mol. The smallest absolute Gasteiger partial charge is 0.0999 e. The Hall–Kier alpha value is -2.02. The molecule has 4 aromatic rings. The van der Waals surface area contributed by atoms with Crippen molar-refractivity contribution in [3.05, 3.63) is 41.2 Å². The van der Waals surface area contributed by atoms with Crippen LogP contribution in [0.4, 0.5) is 0 Å². The number of nitrogens with one attached hydrogen (secondary N) is 1. The molecular formula is C20H22ClN5S. The van der Waals surface area contributed by atoms with Crippen LogP contribution in [0.5, 0.6) is 0 Å². The molecule has 1 fully saturated rings. The Bertz CT molecular complexity index is 1110. The number of hydrogen-bond donors (Lipinski definition) is 1. The van der Waals surface area contributed by atoms with E-state index in [4.69, 9.17) is 9.97 Å². The second-order valence-corrected chi connectivity index (χ2v) is 8.21. The molecule has 3 aromatic heterocycles. The summed E-state index contributed by atoms with van der Waals surface area (Å²) in [5.41, 5.74) is 5.41. The zero-order valence-electron chi connectivity index (χ0n) is 15.4. The number of benzene rings is 1. The van der Waals surface area contributed by atoms with Crippen LogP contribution in [0, 0.1) is 6.92 Å². The minimum absolute atomic E-state index is 0. The van der Waals surface area contributed by atoms with E-state index in [0.29, 0.717) is 5.92 Å². The Balaban J connectivity index is 0.00000180. The third kappa shape index (κ3) is 3.33. The number of pyridine rings is 1. The number of aromatic nitrogens is 4. The summed E-state index contributed by atoms with van der Waals surface area (Å²) in [6, 6.07) is 6.55. The Morgan fingerprint density at radius 3 is 2.81 bits per heavy atom. The first-order valence-corrected chi connectivity index (χ1v) is 9.90. The second kappa shape index (κ2) is 7.19. The zero-order valence-corrected chi connectivity index (χ0v) is 17.0. The SMILES string of the molecule is Cc1cc(-c2cc3sc(C4CCNCC4)nc3cn2)cc2cn(C)nc12.Cl. The van der Waals surface area contributed by atoms with Gasteiger partial charge in [0.15, 0.2) is 0 Å². The highest BCUT2D eigenvalue weighted by molar-refractivity contribution is 7.18. The molecule has 1 saturated heterocycles. The van der Waals surface area contributed by atoms with Crippen LogP contribution >= 0.6 is 23.7 Å². The van der Waals surface area contributed by atoms with Gasteiger partial charge in [-0.3, -0.25) is 9.67 Å². The maximum absolute atomic E-state index is 4.86. The molecule has 140 valence electrons. The van der Waals surface area contributed by atoms with E-state index in [1.165, 1.54) is 28.1 Å². The number of rotatable bonds is 2. The van der Waals surface area contributed by atoms with Crippen molar-refractivity contribution in [2.75, 3.05) is 13.1 Å². The monoisotopic (exact) mass is 399 g/mol. The topological polar surface area (TPSA) is 55.6 Å². The molecule has 7 heteroatoms. The third-order valence-electron chi connectivity index (χ3n) is 5.19. The van der Waals surface area contributed by atoms with Crippen LogP contribution in [0.2, 0.25) is 0 Å². The normalized spacial score (nSPS) is 15.3. The van der Waals surface area contributed by atoms with E-state index in [9.17, 15) is 0 Å². The number of halogens is 1. The predicted octanol–water partition coefficient (Wildman–Crippen LogP) is 4.44. The van der Waals surface area contributed by atoms with E-state index in [1.54, 1.807) is 0 Å². The molecule has 0 saturated carbocycles. The summed E-state index contributed by atoms with van der Waals surface area (Å²) in [5.74, 6) is 0.589. The van der Waals surface area contributed by atoms with Crippen molar-refractivity contribution in [1.82, 2.24) is 25.1 Å². The Labute approximate surface area is 168 Å². The van der Waals surface area contributed by atoms with Gasteiger partial charge in [-0.05, 0) is 56.6 Å². The molecule has 1 aliphatic rings. The maximum atomic E-state index is 4.86. The number of nitrogens with zero attached hydrogens (tertiary/aromatic N) is 4. The quantitative estimate of drug-likeness (QED) is 0.541. The predicted molar refractivity (Wildman–Crippen MR) is 114 cm³/mol. The Morgan fingerprint density at radius 1 is 1.19 bits per heavy atom. The fourth-order valence-electron chi connectivity index (χ4n) is 3.83. The summed E-state index contributed by atoms with van der Waals surface area (Å²) in [7, 11) is 1.96. The molecule has 0 radical (unpaired) electrons. The van der Waals surface area contributed by atoms with Crippen LogP contribution in [-0.4, -0.2) is 32.8 Å². The van der Waals surface area contributed by atoms with Crippen molar-refractivity contribution in [2.24, 2.45) is 7.05 Å². The summed E-state index contributed by atoms with van der Waals surface area (Å²) in [4.78, 5) is 9.55. The van der Waals surface area contributed by atoms with E-state index in [0.717, 1.165) is 40.8 Å². The molecule has 1 aromatic carbocycles. The van der Waals surface area contributed by atoms with Crippen molar-refractivity contribution in [3.8, 4) is 11.3 Å². The lowest BCUT2D eigenvalue weighted by Gasteiger charge is -2.20. The molecule has 0 atom stereocenters. The number of thiazole rings is 1. The van der Waals surface area contributed by atoms with E-state index in [-0.39, 0.29) is 12.4 Å². The summed E-state index contributed by atoms with van der Waals surface area (Å²) in [6.45, 7) is 4.29. The van der Waals surface area contributed by atoms with Gasteiger partial charge in [0.1, 0.15) is 0 Å². The van der Waals surface area contributed by atoms with Crippen LogP contribution in [0.15, 0.2) is 30.6 Å². The largest absolute Gasteiger partial charge is 0.317 e. The first-order chi connectivity index (χ1) is 12.7. The van der Waals surface area contributed by atoms with Crippen molar-refractivity contribution in [1.29, 1.82) is 0 Å². The van der Waals surface area contributed by atoms with Crippen molar-refractivity contribution in [3.63, 3.8) is 0 Å². The summed E-state index contributed by atoms with van der Waals surface area (Å²) >= 11 is 1.83. The first kappa shape index (κ1) is 18.3. The van der Waals surface area contributed by atoms with Crippen LogP contribution < -0.4 is 5.32 Å². The van der Waals surface area contributed by atoms with E-state index in [1.807, 2.05) is 29.3 Å². The first-order valence-electron chi connectivity index (χ1n) is 9.09. The summed E-state index contributed by atoms with van der Waals surface area (Å²) in [5, 5.41) is 10.4. The standard InChI is InChI=1S/C20H21N5S.ClH/c1-12-7-14(8-15-11-25(2)24-19(12)15)16-9-18-17(10-22-16)23-20(26-18)13-3-5-21-6-4-13;/h7-11,13,21H,3-6H2,1-2H3;1H. The van der Waals surface area contributed by atoms with E-state index < -0.39 is 0 Å². The molecule has 1 N–H and O–H groups in total. The molecular weight excluding hydrogens is 378 g/mol. The van der Waals surface area contributed by atoms with Crippen molar-refractivity contribution < 1.29 is 0 Å². The molecule has 0 bridgehead atoms. The number of piperidine rings is 1. The minimum Gasteiger partial charge on any atom is -0.317 e.